The van der Waals surface area contributed by atoms with Crippen LogP contribution in [-0.2, 0) is 16.4 Å². The summed E-state index contributed by atoms with van der Waals surface area (Å²) in [6.45, 7) is 1.25. The van der Waals surface area contributed by atoms with E-state index in [1.54, 1.807) is 36.7 Å². The highest BCUT2D eigenvalue weighted by Crippen LogP contribution is 2.18. The zero-order valence-corrected chi connectivity index (χ0v) is 18.3. The minimum Gasteiger partial charge on any atom is -0.489 e. The van der Waals surface area contributed by atoms with Gasteiger partial charge in [0.1, 0.15) is 18.5 Å². The lowest BCUT2D eigenvalue weighted by Crippen LogP contribution is -2.32. The molecule has 0 radical (unpaired) electrons. The summed E-state index contributed by atoms with van der Waals surface area (Å²) >= 11 is 5.81. The minimum atomic E-state index is -3.66. The molecule has 0 aliphatic rings. The van der Waals surface area contributed by atoms with Gasteiger partial charge in [-0.15, -0.1) is 0 Å². The van der Waals surface area contributed by atoms with Crippen molar-refractivity contribution in [2.75, 3.05) is 24.4 Å². The number of hydrogen-bond acceptors (Lipinski definition) is 6. The zero-order valence-electron chi connectivity index (χ0n) is 16.7. The van der Waals surface area contributed by atoms with Gasteiger partial charge in [0.2, 0.25) is 0 Å². The first-order valence-corrected chi connectivity index (χ1v) is 11.6. The van der Waals surface area contributed by atoms with Crippen molar-refractivity contribution < 1.29 is 18.3 Å². The van der Waals surface area contributed by atoms with E-state index in [4.69, 9.17) is 16.3 Å². The molecule has 0 saturated carbocycles. The minimum absolute atomic E-state index is 0.149. The molecule has 3 aromatic rings. The van der Waals surface area contributed by atoms with Crippen LogP contribution >= 0.6 is 11.6 Å². The number of nitrogens with zero attached hydrogens (tertiary/aromatic N) is 1. The second kappa shape index (κ2) is 11.1. The maximum Gasteiger partial charge on any atom is 0.261 e. The van der Waals surface area contributed by atoms with Gasteiger partial charge in [-0.2, -0.15) is 0 Å². The highest BCUT2D eigenvalue weighted by Gasteiger charge is 2.13. The van der Waals surface area contributed by atoms with Crippen LogP contribution in [0.4, 0.5) is 5.69 Å². The molecule has 0 fully saturated rings. The lowest BCUT2D eigenvalue weighted by Gasteiger charge is -2.13. The molecule has 1 atom stereocenters. The van der Waals surface area contributed by atoms with Crippen LogP contribution in [0.2, 0.25) is 5.02 Å². The standard InChI is InChI=1S/C22H24ClN3O4S/c23-18-5-9-22(10-6-18)31(28,29)26-19-7-3-17(4-8-19)11-13-25-14-20(27)16-30-21-2-1-12-24-15-21/h1-10,12,15,20,25-27H,11,13-14,16H2/t20-/m0/s1. The average Bonchev–Trinajstić information content (AvgIpc) is 2.77. The molecule has 3 rings (SSSR count). The number of benzene rings is 2. The number of rotatable bonds is 11. The number of pyridine rings is 1. The third kappa shape index (κ3) is 7.52. The van der Waals surface area contributed by atoms with Crippen molar-refractivity contribution in [3.05, 3.63) is 83.6 Å². The van der Waals surface area contributed by atoms with E-state index in [9.17, 15) is 13.5 Å². The largest absolute Gasteiger partial charge is 0.489 e. The molecule has 1 aromatic heterocycles. The molecule has 0 bridgehead atoms. The number of aliphatic hydroxyl groups excluding tert-OH is 1. The van der Waals surface area contributed by atoms with Gasteiger partial charge in [-0.05, 0) is 67.1 Å². The molecular formula is C22H24ClN3O4S. The van der Waals surface area contributed by atoms with Crippen molar-refractivity contribution in [2.45, 2.75) is 17.4 Å². The predicted octanol–water partition coefficient (Wildman–Crippen LogP) is 3.11. The van der Waals surface area contributed by atoms with Crippen LogP contribution in [-0.4, -0.2) is 44.3 Å². The zero-order chi connectivity index (χ0) is 22.1. The van der Waals surface area contributed by atoms with Crippen LogP contribution in [0.3, 0.4) is 0 Å². The van der Waals surface area contributed by atoms with E-state index in [-0.39, 0.29) is 11.5 Å². The van der Waals surface area contributed by atoms with Crippen molar-refractivity contribution in [1.29, 1.82) is 0 Å². The Morgan fingerprint density at radius 2 is 1.81 bits per heavy atom. The Labute approximate surface area is 187 Å². The number of aromatic nitrogens is 1. The first-order valence-electron chi connectivity index (χ1n) is 9.71. The third-order valence-corrected chi connectivity index (χ3v) is 6.03. The maximum absolute atomic E-state index is 12.4. The SMILES string of the molecule is O=S(=O)(Nc1ccc(CCNC[C@H](O)COc2cccnc2)cc1)c1ccc(Cl)cc1. The lowest BCUT2D eigenvalue weighted by molar-refractivity contribution is 0.106. The fourth-order valence-electron chi connectivity index (χ4n) is 2.75. The van der Waals surface area contributed by atoms with Crippen LogP contribution in [0.5, 0.6) is 5.75 Å². The number of halogens is 1. The summed E-state index contributed by atoms with van der Waals surface area (Å²) in [6.07, 6.45) is 3.36. The molecule has 0 aliphatic heterocycles. The van der Waals surface area contributed by atoms with Crippen molar-refractivity contribution in [1.82, 2.24) is 10.3 Å². The average molecular weight is 462 g/mol. The molecule has 7 nitrogen and oxygen atoms in total. The first-order chi connectivity index (χ1) is 14.9. The van der Waals surface area contributed by atoms with E-state index in [0.29, 0.717) is 29.5 Å². The van der Waals surface area contributed by atoms with Crippen molar-refractivity contribution >= 4 is 27.3 Å². The van der Waals surface area contributed by atoms with Crippen molar-refractivity contribution in [3.63, 3.8) is 0 Å². The Morgan fingerprint density at radius 1 is 1.06 bits per heavy atom. The molecule has 0 amide bonds. The molecule has 3 N–H and O–H groups in total. The van der Waals surface area contributed by atoms with Crippen molar-refractivity contribution in [3.8, 4) is 5.75 Å². The highest BCUT2D eigenvalue weighted by molar-refractivity contribution is 7.92. The van der Waals surface area contributed by atoms with Gasteiger partial charge in [0.15, 0.2) is 0 Å². The molecule has 2 aromatic carbocycles. The Balaban J connectivity index is 1.39. The number of nitrogens with one attached hydrogen (secondary N) is 2. The molecule has 0 unspecified atom stereocenters. The molecule has 1 heterocycles. The van der Waals surface area contributed by atoms with Gasteiger partial charge in [0, 0.05) is 23.5 Å². The van der Waals surface area contributed by atoms with Gasteiger partial charge >= 0.3 is 0 Å². The fraction of sp³-hybridized carbons (Fsp3) is 0.227. The van der Waals surface area contributed by atoms with Gasteiger partial charge in [0.05, 0.1) is 11.1 Å². The van der Waals surface area contributed by atoms with Gasteiger partial charge < -0.3 is 15.2 Å². The number of ether oxygens (including phenoxy) is 1. The lowest BCUT2D eigenvalue weighted by atomic mass is 10.1. The predicted molar refractivity (Wildman–Crippen MR) is 121 cm³/mol. The molecule has 9 heteroatoms. The highest BCUT2D eigenvalue weighted by atomic mass is 35.5. The summed E-state index contributed by atoms with van der Waals surface area (Å²) in [6, 6.07) is 16.7. The summed E-state index contributed by atoms with van der Waals surface area (Å²) in [4.78, 5) is 4.10. The quantitative estimate of drug-likeness (QED) is 0.379. The van der Waals surface area contributed by atoms with Gasteiger partial charge in [-0.1, -0.05) is 23.7 Å². The number of anilines is 1. The topological polar surface area (TPSA) is 101 Å². The molecule has 164 valence electrons. The van der Waals surface area contributed by atoms with Gasteiger partial charge in [0.25, 0.3) is 10.0 Å². The summed E-state index contributed by atoms with van der Waals surface area (Å²) in [7, 11) is -3.66. The van der Waals surface area contributed by atoms with E-state index < -0.39 is 16.1 Å². The van der Waals surface area contributed by atoms with E-state index >= 15 is 0 Å². The molecular weight excluding hydrogens is 438 g/mol. The van der Waals surface area contributed by atoms with E-state index in [0.717, 1.165) is 12.0 Å². The second-order valence-electron chi connectivity index (χ2n) is 6.86. The van der Waals surface area contributed by atoms with E-state index in [1.807, 2.05) is 12.1 Å². The monoisotopic (exact) mass is 461 g/mol. The molecule has 31 heavy (non-hydrogen) atoms. The van der Waals surface area contributed by atoms with Crippen LogP contribution in [0.1, 0.15) is 5.56 Å². The smallest absolute Gasteiger partial charge is 0.261 e. The maximum atomic E-state index is 12.4. The molecule has 0 aliphatic carbocycles. The van der Waals surface area contributed by atoms with Crippen LogP contribution in [0.25, 0.3) is 0 Å². The summed E-state index contributed by atoms with van der Waals surface area (Å²) in [5, 5.41) is 13.6. The fourth-order valence-corrected chi connectivity index (χ4v) is 3.94. The summed E-state index contributed by atoms with van der Waals surface area (Å²) < 4.78 is 32.8. The summed E-state index contributed by atoms with van der Waals surface area (Å²) in [5.74, 6) is 0.619. The normalized spacial score (nSPS) is 12.3. The van der Waals surface area contributed by atoms with Crippen LogP contribution in [0, 0.1) is 0 Å². The van der Waals surface area contributed by atoms with Gasteiger partial charge in [-0.3, -0.25) is 9.71 Å². The van der Waals surface area contributed by atoms with Crippen molar-refractivity contribution in [2.24, 2.45) is 0 Å². The summed E-state index contributed by atoms with van der Waals surface area (Å²) in [5.41, 5.74) is 1.53. The number of aliphatic hydroxyl groups is 1. The van der Waals surface area contributed by atoms with E-state index in [2.05, 4.69) is 15.0 Å². The Morgan fingerprint density at radius 3 is 2.48 bits per heavy atom. The van der Waals surface area contributed by atoms with Crippen LogP contribution in [0.15, 0.2) is 78.0 Å². The molecule has 0 spiro atoms. The van der Waals surface area contributed by atoms with Gasteiger partial charge in [-0.25, -0.2) is 8.42 Å². The number of hydrogen-bond donors (Lipinski definition) is 3. The van der Waals surface area contributed by atoms with E-state index in [1.165, 1.54) is 24.3 Å². The molecule has 0 saturated heterocycles. The number of sulfonamides is 1. The van der Waals surface area contributed by atoms with Crippen LogP contribution < -0.4 is 14.8 Å². The second-order valence-corrected chi connectivity index (χ2v) is 8.98. The Kier molecular flexibility index (Phi) is 8.25. The third-order valence-electron chi connectivity index (χ3n) is 4.38. The Bertz CT molecular complexity index is 1050. The first kappa shape index (κ1) is 23.0. The Hall–Kier alpha value is -2.65.